The summed E-state index contributed by atoms with van der Waals surface area (Å²) in [5.74, 6) is -1.60. The molecule has 3 aromatic rings. The molecule has 3 aromatic carbocycles. The third kappa shape index (κ3) is 4.91. The van der Waals surface area contributed by atoms with Gasteiger partial charge in [-0.3, -0.25) is 19.3 Å². The molecule has 0 bridgehead atoms. The maximum atomic E-state index is 13.4. The van der Waals surface area contributed by atoms with E-state index >= 15 is 0 Å². The summed E-state index contributed by atoms with van der Waals surface area (Å²) in [5.41, 5.74) is 2.88. The van der Waals surface area contributed by atoms with Gasteiger partial charge < -0.3 is 19.3 Å². The molecule has 0 aromatic heterocycles. The van der Waals surface area contributed by atoms with Crippen molar-refractivity contribution in [3.63, 3.8) is 0 Å². The molecule has 0 spiro atoms. The molecule has 1 N–H and O–H groups in total. The topological polar surface area (TPSA) is 102 Å². The van der Waals surface area contributed by atoms with Gasteiger partial charge in [0.25, 0.3) is 11.7 Å². The second kappa shape index (κ2) is 10.6. The number of hydrogen-bond donors (Lipinski definition) is 1. The molecule has 0 aliphatic carbocycles. The first-order chi connectivity index (χ1) is 17.8. The van der Waals surface area contributed by atoms with Crippen molar-refractivity contribution in [3.8, 4) is 11.5 Å². The lowest BCUT2D eigenvalue weighted by Gasteiger charge is -2.26. The Balaban J connectivity index is 1.90. The third-order valence-electron chi connectivity index (χ3n) is 6.25. The molecule has 0 radical (unpaired) electrons. The van der Waals surface area contributed by atoms with E-state index in [0.717, 1.165) is 5.56 Å². The molecule has 8 nitrogen and oxygen atoms in total. The van der Waals surface area contributed by atoms with Crippen LogP contribution in [0.25, 0.3) is 5.76 Å². The number of carbonyl (C=O) groups excluding carboxylic acids is 3. The highest BCUT2D eigenvalue weighted by Gasteiger charge is 2.47. The van der Waals surface area contributed by atoms with Crippen molar-refractivity contribution in [2.75, 3.05) is 26.2 Å². The SMILES string of the molecule is COC(=O)Cc1ccc(N2C(=O)C(=O)/C(=C(/O)c3cc(OC)ccc3OC)C2c2cccc(C)c2)cc1. The fraction of sp³-hybridized carbons (Fsp3) is 0.207. The van der Waals surface area contributed by atoms with Crippen LogP contribution in [-0.2, 0) is 25.5 Å². The molecular weight excluding hydrogens is 474 g/mol. The van der Waals surface area contributed by atoms with E-state index in [1.165, 1.54) is 26.2 Å². The molecule has 190 valence electrons. The normalized spacial score (nSPS) is 16.5. The number of Topliss-reactive ketones (excluding diaryl/α,β-unsaturated/α-hetero) is 1. The van der Waals surface area contributed by atoms with Crippen molar-refractivity contribution in [2.45, 2.75) is 19.4 Å². The molecule has 1 saturated heterocycles. The van der Waals surface area contributed by atoms with Gasteiger partial charge in [0.05, 0.1) is 44.9 Å². The van der Waals surface area contributed by atoms with Gasteiger partial charge in [0.1, 0.15) is 17.3 Å². The van der Waals surface area contributed by atoms with Gasteiger partial charge >= 0.3 is 5.97 Å². The van der Waals surface area contributed by atoms with Gasteiger partial charge in [-0.15, -0.1) is 0 Å². The molecule has 1 aliphatic rings. The Kier molecular flexibility index (Phi) is 7.29. The minimum atomic E-state index is -0.901. The minimum Gasteiger partial charge on any atom is -0.507 e. The van der Waals surface area contributed by atoms with Crippen molar-refractivity contribution < 1.29 is 33.7 Å². The van der Waals surface area contributed by atoms with E-state index in [2.05, 4.69) is 0 Å². The predicted octanol–water partition coefficient (Wildman–Crippen LogP) is 4.35. The van der Waals surface area contributed by atoms with Gasteiger partial charge in [-0.05, 0) is 48.4 Å². The maximum absolute atomic E-state index is 13.4. The lowest BCUT2D eigenvalue weighted by atomic mass is 9.94. The smallest absolute Gasteiger partial charge is 0.309 e. The van der Waals surface area contributed by atoms with Crippen LogP contribution in [0, 0.1) is 6.92 Å². The van der Waals surface area contributed by atoms with Crippen LogP contribution >= 0.6 is 0 Å². The summed E-state index contributed by atoms with van der Waals surface area (Å²) in [6.07, 6.45) is 0.0759. The number of esters is 1. The number of benzene rings is 3. The van der Waals surface area contributed by atoms with E-state index < -0.39 is 17.7 Å². The van der Waals surface area contributed by atoms with Crippen LogP contribution < -0.4 is 14.4 Å². The molecule has 1 aliphatic heterocycles. The summed E-state index contributed by atoms with van der Waals surface area (Å²) in [7, 11) is 4.25. The monoisotopic (exact) mass is 501 g/mol. The summed E-state index contributed by atoms with van der Waals surface area (Å²) in [6, 6.07) is 18.1. The van der Waals surface area contributed by atoms with Crippen LogP contribution in [0.5, 0.6) is 11.5 Å². The Morgan fingerprint density at radius 2 is 1.68 bits per heavy atom. The van der Waals surface area contributed by atoms with Crippen molar-refractivity contribution in [2.24, 2.45) is 0 Å². The maximum Gasteiger partial charge on any atom is 0.309 e. The van der Waals surface area contributed by atoms with E-state index in [1.807, 2.05) is 25.1 Å². The number of hydrogen-bond acceptors (Lipinski definition) is 7. The second-order valence-electron chi connectivity index (χ2n) is 8.57. The number of rotatable bonds is 7. The summed E-state index contributed by atoms with van der Waals surface area (Å²) in [5, 5.41) is 11.5. The first kappa shape index (κ1) is 25.5. The van der Waals surface area contributed by atoms with E-state index in [9.17, 15) is 19.5 Å². The number of carbonyl (C=O) groups is 3. The average Bonchev–Trinajstić information content (AvgIpc) is 3.18. The standard InChI is InChI=1S/C29H27NO7/c1-17-6-5-7-19(14-17)26-25(27(32)22-16-21(35-2)12-13-23(22)36-3)28(33)29(34)30(26)20-10-8-18(9-11-20)15-24(31)37-4/h5-14,16,26,32H,15H2,1-4H3/b27-25+. The fourth-order valence-electron chi connectivity index (χ4n) is 4.41. The highest BCUT2D eigenvalue weighted by Crippen LogP contribution is 2.44. The molecule has 0 saturated carbocycles. The zero-order chi connectivity index (χ0) is 26.7. The Labute approximate surface area is 214 Å². The van der Waals surface area contributed by atoms with Gasteiger partial charge in [0, 0.05) is 5.69 Å². The van der Waals surface area contributed by atoms with Crippen LogP contribution in [-0.4, -0.2) is 44.1 Å². The summed E-state index contributed by atoms with van der Waals surface area (Å²) < 4.78 is 15.4. The van der Waals surface area contributed by atoms with Crippen molar-refractivity contribution >= 4 is 29.1 Å². The van der Waals surface area contributed by atoms with Crippen molar-refractivity contribution in [3.05, 3.63) is 94.6 Å². The van der Waals surface area contributed by atoms with Crippen LogP contribution in [0.3, 0.4) is 0 Å². The van der Waals surface area contributed by atoms with Gasteiger partial charge in [0.15, 0.2) is 0 Å². The Bertz CT molecular complexity index is 1390. The quantitative estimate of drug-likeness (QED) is 0.222. The Morgan fingerprint density at radius 1 is 0.946 bits per heavy atom. The summed E-state index contributed by atoms with van der Waals surface area (Å²) in [4.78, 5) is 39.9. The van der Waals surface area contributed by atoms with Crippen LogP contribution in [0.2, 0.25) is 0 Å². The minimum absolute atomic E-state index is 0.0687. The fourth-order valence-corrected chi connectivity index (χ4v) is 4.41. The molecule has 8 heteroatoms. The zero-order valence-electron chi connectivity index (χ0n) is 21.0. The molecule has 1 amide bonds. The first-order valence-corrected chi connectivity index (χ1v) is 11.5. The first-order valence-electron chi connectivity index (χ1n) is 11.5. The van der Waals surface area contributed by atoms with Gasteiger partial charge in [-0.25, -0.2) is 0 Å². The number of methoxy groups -OCH3 is 3. The van der Waals surface area contributed by atoms with E-state index in [0.29, 0.717) is 28.3 Å². The molecule has 4 rings (SSSR count). The molecule has 1 fully saturated rings. The zero-order valence-corrected chi connectivity index (χ0v) is 21.0. The predicted molar refractivity (Wildman–Crippen MR) is 138 cm³/mol. The lowest BCUT2D eigenvalue weighted by molar-refractivity contribution is -0.139. The summed E-state index contributed by atoms with van der Waals surface area (Å²) in [6.45, 7) is 1.91. The highest BCUT2D eigenvalue weighted by molar-refractivity contribution is 6.51. The number of amides is 1. The van der Waals surface area contributed by atoms with Gasteiger partial charge in [0.2, 0.25) is 0 Å². The highest BCUT2D eigenvalue weighted by atomic mass is 16.5. The Hall–Kier alpha value is -4.59. The van der Waals surface area contributed by atoms with E-state index in [-0.39, 0.29) is 29.3 Å². The van der Waals surface area contributed by atoms with Gasteiger partial charge in [-0.1, -0.05) is 42.0 Å². The van der Waals surface area contributed by atoms with Crippen molar-refractivity contribution in [1.29, 1.82) is 0 Å². The molecular formula is C29H27NO7. The number of ether oxygens (including phenoxy) is 3. The second-order valence-corrected chi connectivity index (χ2v) is 8.57. The average molecular weight is 502 g/mol. The van der Waals surface area contributed by atoms with Crippen LogP contribution in [0.1, 0.15) is 28.3 Å². The Morgan fingerprint density at radius 3 is 2.30 bits per heavy atom. The molecule has 1 unspecified atom stereocenters. The van der Waals surface area contributed by atoms with Crippen molar-refractivity contribution in [1.82, 2.24) is 0 Å². The number of aryl methyl sites for hydroxylation is 1. The largest absolute Gasteiger partial charge is 0.507 e. The number of anilines is 1. The summed E-state index contributed by atoms with van der Waals surface area (Å²) >= 11 is 0. The number of nitrogens with zero attached hydrogens (tertiary/aromatic N) is 1. The number of aliphatic hydroxyl groups is 1. The lowest BCUT2D eigenvalue weighted by Crippen LogP contribution is -2.29. The van der Waals surface area contributed by atoms with Crippen LogP contribution in [0.15, 0.2) is 72.3 Å². The van der Waals surface area contributed by atoms with Crippen LogP contribution in [0.4, 0.5) is 5.69 Å². The van der Waals surface area contributed by atoms with Gasteiger partial charge in [-0.2, -0.15) is 0 Å². The molecule has 1 atom stereocenters. The van der Waals surface area contributed by atoms with E-state index in [1.54, 1.807) is 48.5 Å². The molecule has 37 heavy (non-hydrogen) atoms. The number of aliphatic hydroxyl groups excluding tert-OH is 1. The number of ketones is 1. The van der Waals surface area contributed by atoms with E-state index in [4.69, 9.17) is 14.2 Å². The third-order valence-corrected chi connectivity index (χ3v) is 6.25. The molecule has 1 heterocycles.